The largest absolute Gasteiger partial charge is 0.478 e. The normalized spacial score (nSPS) is 9.73. The molecular formula is C10H11ClN2O2. The molecule has 0 spiro atoms. The Bertz CT molecular complexity index is 404. The lowest BCUT2D eigenvalue weighted by Gasteiger charge is -2.06. The van der Waals surface area contributed by atoms with Crippen LogP contribution in [-0.2, 0) is 0 Å². The molecule has 5 heteroatoms. The summed E-state index contributed by atoms with van der Waals surface area (Å²) in [7, 11) is 0. The molecule has 0 bridgehead atoms. The van der Waals surface area contributed by atoms with E-state index in [1.54, 1.807) is 0 Å². The number of hydrogen-bond acceptors (Lipinski definition) is 3. The third-order valence-corrected chi connectivity index (χ3v) is 1.81. The van der Waals surface area contributed by atoms with Crippen LogP contribution in [0.15, 0.2) is 24.3 Å². The smallest absolute Gasteiger partial charge is 0.335 e. The number of nitrogens with one attached hydrogen (secondary N) is 1. The lowest BCUT2D eigenvalue weighted by molar-refractivity contribution is 0.0697. The molecule has 0 saturated heterocycles. The lowest BCUT2D eigenvalue weighted by Crippen LogP contribution is -2.06. The van der Waals surface area contributed by atoms with Crippen molar-refractivity contribution in [3.05, 3.63) is 35.0 Å². The van der Waals surface area contributed by atoms with Crippen LogP contribution >= 0.6 is 11.6 Å². The molecule has 2 N–H and O–H groups in total. The van der Waals surface area contributed by atoms with Crippen LogP contribution in [-0.4, -0.2) is 22.6 Å². The van der Waals surface area contributed by atoms with Crippen molar-refractivity contribution < 1.29 is 9.90 Å². The number of carbonyl (C=O) groups is 1. The fraction of sp³-hybridized carbons (Fsp3) is 0.200. The van der Waals surface area contributed by atoms with E-state index in [0.29, 0.717) is 12.4 Å². The lowest BCUT2D eigenvalue weighted by atomic mass is 10.2. The van der Waals surface area contributed by atoms with Gasteiger partial charge in [0.05, 0.1) is 5.56 Å². The minimum absolute atomic E-state index is 0.110. The number of pyridine rings is 1. The number of rotatable bonds is 4. The number of hydrogen-bond donors (Lipinski definition) is 2. The van der Waals surface area contributed by atoms with E-state index in [2.05, 4.69) is 16.9 Å². The van der Waals surface area contributed by atoms with Crippen LogP contribution in [0, 0.1) is 0 Å². The fourth-order valence-electron chi connectivity index (χ4n) is 0.952. The van der Waals surface area contributed by atoms with Gasteiger partial charge in [-0.2, -0.15) is 0 Å². The molecular weight excluding hydrogens is 216 g/mol. The molecule has 0 fully saturated rings. The highest BCUT2D eigenvalue weighted by Crippen LogP contribution is 2.14. The molecule has 0 aliphatic heterocycles. The number of aromatic nitrogens is 1. The Morgan fingerprint density at radius 2 is 2.33 bits per heavy atom. The number of anilines is 1. The summed E-state index contributed by atoms with van der Waals surface area (Å²) in [6.07, 6.45) is 0. The van der Waals surface area contributed by atoms with Gasteiger partial charge < -0.3 is 10.4 Å². The van der Waals surface area contributed by atoms with Crippen LogP contribution in [0.1, 0.15) is 17.3 Å². The molecule has 4 nitrogen and oxygen atoms in total. The molecule has 80 valence electrons. The van der Waals surface area contributed by atoms with Gasteiger partial charge in [0.25, 0.3) is 0 Å². The number of aromatic carboxylic acids is 1. The predicted molar refractivity (Wildman–Crippen MR) is 59.5 cm³/mol. The zero-order chi connectivity index (χ0) is 11.4. The molecule has 1 heterocycles. The van der Waals surface area contributed by atoms with Crippen LogP contribution in [0.5, 0.6) is 0 Å². The maximum absolute atomic E-state index is 10.7. The van der Waals surface area contributed by atoms with Crippen LogP contribution in [0.2, 0.25) is 5.15 Å². The molecule has 0 radical (unpaired) electrons. The molecule has 0 aliphatic rings. The van der Waals surface area contributed by atoms with Gasteiger partial charge in [-0.15, -0.1) is 0 Å². The van der Waals surface area contributed by atoms with Gasteiger partial charge in [-0.3, -0.25) is 0 Å². The van der Waals surface area contributed by atoms with Crippen molar-refractivity contribution in [3.8, 4) is 0 Å². The third kappa shape index (κ3) is 3.59. The molecule has 1 rings (SSSR count). The predicted octanol–water partition coefficient (Wildman–Crippen LogP) is 2.42. The standard InChI is InChI=1S/C10H11ClN2O2/c1-6(2)5-12-9-4-7(10(14)15)3-8(11)13-9/h3-4H,1,5H2,2H3,(H,12,13)(H,14,15). The van der Waals surface area contributed by atoms with Crippen LogP contribution in [0.3, 0.4) is 0 Å². The van der Waals surface area contributed by atoms with E-state index in [4.69, 9.17) is 16.7 Å². The van der Waals surface area contributed by atoms with Crippen molar-refractivity contribution >= 4 is 23.4 Å². The summed E-state index contributed by atoms with van der Waals surface area (Å²) in [4.78, 5) is 14.6. The maximum atomic E-state index is 10.7. The molecule has 0 unspecified atom stereocenters. The van der Waals surface area contributed by atoms with Crippen molar-refractivity contribution in [3.63, 3.8) is 0 Å². The summed E-state index contributed by atoms with van der Waals surface area (Å²) in [5.74, 6) is -0.597. The Kier molecular flexibility index (Phi) is 3.68. The first kappa shape index (κ1) is 11.5. The van der Waals surface area contributed by atoms with Crippen molar-refractivity contribution in [1.82, 2.24) is 4.98 Å². The summed E-state index contributed by atoms with van der Waals surface area (Å²) in [6.45, 7) is 6.10. The highest BCUT2D eigenvalue weighted by atomic mass is 35.5. The quantitative estimate of drug-likeness (QED) is 0.612. The Morgan fingerprint density at radius 3 is 2.87 bits per heavy atom. The summed E-state index contributed by atoms with van der Waals surface area (Å²) < 4.78 is 0. The first-order chi connectivity index (χ1) is 6.99. The molecule has 0 atom stereocenters. The molecule has 1 aromatic rings. The van der Waals surface area contributed by atoms with Gasteiger partial charge >= 0.3 is 5.97 Å². The maximum Gasteiger partial charge on any atom is 0.335 e. The highest BCUT2D eigenvalue weighted by Gasteiger charge is 2.06. The summed E-state index contributed by atoms with van der Waals surface area (Å²) in [5, 5.41) is 11.9. The van der Waals surface area contributed by atoms with E-state index in [1.165, 1.54) is 12.1 Å². The molecule has 0 aliphatic carbocycles. The Hall–Kier alpha value is -1.55. The molecule has 0 aromatic carbocycles. The highest BCUT2D eigenvalue weighted by molar-refractivity contribution is 6.29. The van der Waals surface area contributed by atoms with Crippen LogP contribution < -0.4 is 5.32 Å². The number of halogens is 1. The van der Waals surface area contributed by atoms with E-state index in [1.807, 2.05) is 6.92 Å². The van der Waals surface area contributed by atoms with Gasteiger partial charge in [-0.25, -0.2) is 9.78 Å². The fourth-order valence-corrected chi connectivity index (χ4v) is 1.16. The monoisotopic (exact) mass is 226 g/mol. The van der Waals surface area contributed by atoms with E-state index in [9.17, 15) is 4.79 Å². The van der Waals surface area contributed by atoms with Gasteiger partial charge in [0.15, 0.2) is 0 Å². The van der Waals surface area contributed by atoms with E-state index < -0.39 is 5.97 Å². The van der Waals surface area contributed by atoms with E-state index in [0.717, 1.165) is 5.57 Å². The average Bonchev–Trinajstić information content (AvgIpc) is 2.13. The van der Waals surface area contributed by atoms with Crippen molar-refractivity contribution in [2.24, 2.45) is 0 Å². The van der Waals surface area contributed by atoms with Crippen molar-refractivity contribution in [1.29, 1.82) is 0 Å². The SMILES string of the molecule is C=C(C)CNc1cc(C(=O)O)cc(Cl)n1. The van der Waals surface area contributed by atoms with Crippen molar-refractivity contribution in [2.45, 2.75) is 6.92 Å². The number of carboxylic acid groups (broad SMARTS) is 1. The van der Waals surface area contributed by atoms with Gasteiger partial charge in [0.2, 0.25) is 0 Å². The van der Waals surface area contributed by atoms with E-state index >= 15 is 0 Å². The summed E-state index contributed by atoms with van der Waals surface area (Å²) in [6, 6.07) is 2.73. The Balaban J connectivity index is 2.88. The average molecular weight is 227 g/mol. The van der Waals surface area contributed by atoms with Crippen molar-refractivity contribution in [2.75, 3.05) is 11.9 Å². The Morgan fingerprint density at radius 1 is 1.67 bits per heavy atom. The second kappa shape index (κ2) is 4.79. The molecule has 15 heavy (non-hydrogen) atoms. The third-order valence-electron chi connectivity index (χ3n) is 1.61. The van der Waals surface area contributed by atoms with Gasteiger partial charge in [-0.1, -0.05) is 23.8 Å². The minimum Gasteiger partial charge on any atom is -0.478 e. The number of carboxylic acids is 1. The molecule has 0 amide bonds. The minimum atomic E-state index is -1.03. The molecule has 1 aromatic heterocycles. The zero-order valence-corrected chi connectivity index (χ0v) is 9.01. The van der Waals surface area contributed by atoms with Crippen LogP contribution in [0.25, 0.3) is 0 Å². The van der Waals surface area contributed by atoms with E-state index in [-0.39, 0.29) is 10.7 Å². The van der Waals surface area contributed by atoms with Gasteiger partial charge in [0, 0.05) is 6.54 Å². The zero-order valence-electron chi connectivity index (χ0n) is 8.25. The molecule has 0 saturated carbocycles. The summed E-state index contributed by atoms with van der Waals surface area (Å²) in [5.41, 5.74) is 1.04. The first-order valence-electron chi connectivity index (χ1n) is 4.28. The topological polar surface area (TPSA) is 62.2 Å². The first-order valence-corrected chi connectivity index (χ1v) is 4.66. The Labute approximate surface area is 92.6 Å². The number of nitrogens with zero attached hydrogens (tertiary/aromatic N) is 1. The second-order valence-corrected chi connectivity index (χ2v) is 3.57. The van der Waals surface area contributed by atoms with Crippen LogP contribution in [0.4, 0.5) is 5.82 Å². The van der Waals surface area contributed by atoms with Gasteiger partial charge in [-0.05, 0) is 19.1 Å². The summed E-state index contributed by atoms with van der Waals surface area (Å²) >= 11 is 5.67. The second-order valence-electron chi connectivity index (χ2n) is 3.18. The van der Waals surface area contributed by atoms with Gasteiger partial charge in [0.1, 0.15) is 11.0 Å².